The van der Waals surface area contributed by atoms with E-state index in [9.17, 15) is 60.3 Å². The first-order valence-corrected chi connectivity index (χ1v) is 42.5. The first-order valence-electron chi connectivity index (χ1n) is 39.6. The number of hydrogen-bond donors (Lipinski definition) is 18. The lowest BCUT2D eigenvalue weighted by atomic mass is 9.85. The molecule has 19 N–H and O–H groups in total. The van der Waals surface area contributed by atoms with Crippen LogP contribution in [0.3, 0.4) is 0 Å². The van der Waals surface area contributed by atoms with Crippen LogP contribution in [-0.2, 0) is 52.6 Å². The van der Waals surface area contributed by atoms with Crippen molar-refractivity contribution >= 4 is 115 Å². The lowest BCUT2D eigenvalue weighted by molar-refractivity contribution is -0.330. The molecule has 9 unspecified atom stereocenters. The van der Waals surface area contributed by atoms with Gasteiger partial charge in [0.05, 0.1) is 51.0 Å². The molecule has 7 aromatic rings. The minimum Gasteiger partial charge on any atom is -0.508 e. The number of halogens is 3. The molecule has 121 heavy (non-hydrogen) atoms. The van der Waals surface area contributed by atoms with Crippen molar-refractivity contribution < 1.29 is 113 Å². The standard InChI is InChI=1S/C83H97Cl3N10O23S2/c1-7-8-9-10-11-12-13-14-23-89-83(5)34-60(114-37(4)73(83)105)118-72-70(104)69(103)57(35-120-82-91-48-30-42(84)18-22-58(48)121-82)117-81(72)119-71-55-28-41-29-56(71)116-54-21-17-40(27-47(54)86)68(102)66-79(111)94-64(80(112)113)45-31-43(97)32-52(99)61(45)44-25-38(15-19-51(44)98)62(76(108)96-66)93-77(109)63(41)92-75(107)50(33-59(87)100)90-78(110)65(95-74(106)49(88-6)24-36(2)3)67(101)39-16-20-53(115-55)46(85)26-39/h15-22,25-32,36-37,49-50,57,60,62-70,72-73,81,88-89,97-99,101-105H,7-14,23-24,33-35H2,1-6H3,(H2,87,100)(H,90,110)(H,92,107)(H,93,109)(H,94,111)(H,95,106)(H,96,108)(H,112,113)/t37?,49-,50-,57?,60?,62+,63+,64+,65+,66-,67+,68+,69?,70?,72?,73?,81?,83?/m0/s1. The number of benzene rings is 6. The molecule has 6 aromatic carbocycles. The highest BCUT2D eigenvalue weighted by Gasteiger charge is 2.52. The monoisotopic (exact) mass is 1770 g/mol. The maximum absolute atomic E-state index is 16.4. The van der Waals surface area contributed by atoms with Crippen LogP contribution in [0.5, 0.6) is 46.0 Å². The highest BCUT2D eigenvalue weighted by molar-refractivity contribution is 8.01. The number of unbranched alkanes of at least 4 members (excludes halogenated alkanes) is 7. The number of carboxylic acid groups (broad SMARTS) is 1. The number of hydrogen-bond acceptors (Lipinski definition) is 27. The molecule has 7 aliphatic rings. The van der Waals surface area contributed by atoms with Gasteiger partial charge in [0.1, 0.15) is 83.4 Å². The summed E-state index contributed by atoms with van der Waals surface area (Å²) >= 11 is 23.3. The fourth-order valence-electron chi connectivity index (χ4n) is 15.4. The van der Waals surface area contributed by atoms with Crippen molar-refractivity contribution in [3.63, 3.8) is 0 Å². The van der Waals surface area contributed by atoms with Crippen molar-refractivity contribution in [3.8, 4) is 57.1 Å². The molecule has 0 radical (unpaired) electrons. The molecule has 0 aliphatic carbocycles. The number of carbonyl (C=O) groups is 8. The lowest BCUT2D eigenvalue weighted by Gasteiger charge is -2.48. The maximum Gasteiger partial charge on any atom is 0.330 e. The van der Waals surface area contributed by atoms with Gasteiger partial charge in [-0.2, -0.15) is 0 Å². The number of rotatable bonds is 25. The van der Waals surface area contributed by atoms with Crippen LogP contribution >= 0.6 is 57.9 Å². The van der Waals surface area contributed by atoms with Gasteiger partial charge < -0.3 is 123 Å². The number of aliphatic hydroxyl groups excluding tert-OH is 5. The van der Waals surface area contributed by atoms with Crippen LogP contribution in [-0.4, -0.2) is 197 Å². The smallest absolute Gasteiger partial charge is 0.330 e. The Hall–Kier alpha value is -9.41. The molecule has 7 aliphatic heterocycles. The predicted molar refractivity (Wildman–Crippen MR) is 444 cm³/mol. The molecule has 7 amide bonds. The minimum atomic E-state index is -2.35. The number of carbonyl (C=O) groups excluding carboxylic acids is 7. The zero-order chi connectivity index (χ0) is 87.2. The van der Waals surface area contributed by atoms with Crippen molar-refractivity contribution in [3.05, 3.63) is 140 Å². The van der Waals surface area contributed by atoms with Crippen LogP contribution in [0.2, 0.25) is 15.1 Å². The number of likely N-dealkylation sites (N-methyl/N-ethyl adjacent to an activating group) is 1. The van der Waals surface area contributed by atoms with Crippen LogP contribution < -0.4 is 62.5 Å². The van der Waals surface area contributed by atoms with Gasteiger partial charge in [-0.25, -0.2) is 9.78 Å². The number of nitrogens with one attached hydrogen (secondary N) is 8. The highest BCUT2D eigenvalue weighted by Crippen LogP contribution is 2.51. The van der Waals surface area contributed by atoms with Gasteiger partial charge in [-0.05, 0) is 141 Å². The molecule has 650 valence electrons. The molecule has 2 fully saturated rings. The minimum absolute atomic E-state index is 0.0687. The van der Waals surface area contributed by atoms with Crippen LogP contribution in [0.15, 0.2) is 101 Å². The summed E-state index contributed by atoms with van der Waals surface area (Å²) in [4.78, 5) is 124. The third kappa shape index (κ3) is 21.1. The van der Waals surface area contributed by atoms with Gasteiger partial charge in [0, 0.05) is 45.5 Å². The van der Waals surface area contributed by atoms with Crippen LogP contribution in [0.1, 0.15) is 163 Å². The van der Waals surface area contributed by atoms with E-state index < -0.39 is 225 Å². The molecule has 0 spiro atoms. The normalized spacial score (nSPS) is 26.6. The van der Waals surface area contributed by atoms with Crippen molar-refractivity contribution in [1.82, 2.24) is 47.5 Å². The van der Waals surface area contributed by atoms with Crippen LogP contribution in [0.25, 0.3) is 21.3 Å². The summed E-state index contributed by atoms with van der Waals surface area (Å²) in [6.07, 6.45) is -9.19. The van der Waals surface area contributed by atoms with E-state index in [4.69, 9.17) is 73.9 Å². The number of nitrogens with zero attached hydrogens (tertiary/aromatic N) is 1. The third-order valence-electron chi connectivity index (χ3n) is 21.8. The SMILES string of the molecule is CCCCCCCCCCNC1(C)CC(OC2C(Oc3c4cc5cc3Oc3ccc(cc3Cl)[C@@H](O)[C@@H](NC(=O)[C@H](CC(C)C)NC)C(=O)N[C@@H](CC(N)=O)C(=O)N[C@H]5C(=O)N[C@H]3C(=O)N[C@H](C(=O)N[C@@H](C(=O)O)c5cc(O)cc(O)c5-c5cc3ccc5O)[C@H](O)c3ccc(c(Cl)c3)O4)OC(CSc3nc4cc(Cl)ccc4s3)C(O)C2O)OC(C)C1O. The zero-order valence-electron chi connectivity index (χ0n) is 66.5. The Labute approximate surface area is 718 Å². The Morgan fingerprint density at radius 2 is 1.34 bits per heavy atom. The second-order valence-electron chi connectivity index (χ2n) is 31.2. The quantitative estimate of drug-likeness (QED) is 0.0191. The van der Waals surface area contributed by atoms with E-state index in [0.29, 0.717) is 21.4 Å². The van der Waals surface area contributed by atoms with E-state index in [0.717, 1.165) is 116 Å². The van der Waals surface area contributed by atoms with Crippen molar-refractivity contribution in [2.75, 3.05) is 19.3 Å². The predicted octanol–water partition coefficient (Wildman–Crippen LogP) is 7.94. The molecule has 11 bridgehead atoms. The summed E-state index contributed by atoms with van der Waals surface area (Å²) in [5.41, 5.74) is 2.57. The number of aromatic hydroxyl groups is 3. The fourth-order valence-corrected chi connectivity index (χ4v) is 18.1. The summed E-state index contributed by atoms with van der Waals surface area (Å²) in [7, 11) is 1.49. The molecule has 0 saturated carbocycles. The van der Waals surface area contributed by atoms with Crippen molar-refractivity contribution in [2.24, 2.45) is 11.7 Å². The number of nitrogens with two attached hydrogens (primary N) is 1. The molecule has 33 nitrogen and oxygen atoms in total. The Balaban J connectivity index is 1.06. The Morgan fingerprint density at radius 3 is 1.98 bits per heavy atom. The summed E-state index contributed by atoms with van der Waals surface area (Å²) < 4.78 is 42.1. The van der Waals surface area contributed by atoms with Gasteiger partial charge in [-0.3, -0.25) is 33.6 Å². The molecular formula is C83H97Cl3N10O23S2. The fraction of sp³-hybridized carbons (Fsp3) is 0.458. The second-order valence-corrected chi connectivity index (χ2v) is 34.8. The first-order chi connectivity index (χ1) is 57.6. The highest BCUT2D eigenvalue weighted by atomic mass is 35.5. The molecular weight excluding hydrogens is 1680 g/mol. The van der Waals surface area contributed by atoms with E-state index in [2.05, 4.69) is 49.5 Å². The summed E-state index contributed by atoms with van der Waals surface area (Å²) in [5, 5.41) is 128. The van der Waals surface area contributed by atoms with E-state index in [-0.39, 0.29) is 57.7 Å². The van der Waals surface area contributed by atoms with Gasteiger partial charge >= 0.3 is 5.97 Å². The Morgan fingerprint density at radius 1 is 0.702 bits per heavy atom. The molecule has 18 atom stereocenters. The number of thiazole rings is 1. The number of fused-ring (bicyclic) bond motifs is 16. The van der Waals surface area contributed by atoms with Crippen molar-refractivity contribution in [1.29, 1.82) is 0 Å². The second kappa shape index (κ2) is 39.4. The van der Waals surface area contributed by atoms with Crippen molar-refractivity contribution in [2.45, 2.75) is 219 Å². The number of aliphatic hydroxyl groups is 5. The number of primary amides is 1. The van der Waals surface area contributed by atoms with E-state index in [1.165, 1.54) is 48.7 Å². The molecule has 38 heteroatoms. The number of phenols is 3. The molecule has 8 heterocycles. The number of thioether (sulfide) groups is 1. The number of carboxylic acids is 1. The maximum atomic E-state index is 16.4. The van der Waals surface area contributed by atoms with Gasteiger partial charge in [0.15, 0.2) is 34.3 Å². The number of aliphatic carboxylic acids is 1. The Bertz CT molecular complexity index is 5030. The largest absolute Gasteiger partial charge is 0.508 e. The average Bonchev–Trinajstić information content (AvgIpc) is 0.854. The third-order valence-corrected chi connectivity index (χ3v) is 24.9. The van der Waals surface area contributed by atoms with Crippen LogP contribution in [0.4, 0.5) is 0 Å². The number of phenolic OH excluding ortho intramolecular Hbond substituents is 3. The van der Waals surface area contributed by atoms with E-state index in [1.54, 1.807) is 32.0 Å². The van der Waals surface area contributed by atoms with E-state index >= 15 is 24.0 Å². The van der Waals surface area contributed by atoms with Gasteiger partial charge in [0.25, 0.3) is 0 Å². The van der Waals surface area contributed by atoms with Gasteiger partial charge in [-0.15, -0.1) is 11.3 Å². The molecule has 2 saturated heterocycles. The summed E-state index contributed by atoms with van der Waals surface area (Å²) in [6.45, 7) is 9.76. The zero-order valence-corrected chi connectivity index (χ0v) is 70.4. The molecule has 1 aromatic heterocycles. The molecule has 14 rings (SSSR count). The first kappa shape index (κ1) is 90.8. The number of aromatic nitrogens is 1. The van der Waals surface area contributed by atoms with E-state index in [1.807, 2.05) is 13.8 Å². The van der Waals surface area contributed by atoms with Gasteiger partial charge in [0.2, 0.25) is 53.4 Å². The topological polar surface area (TPSA) is 509 Å². The lowest BCUT2D eigenvalue weighted by Crippen LogP contribution is -2.65. The summed E-state index contributed by atoms with van der Waals surface area (Å²) in [5.74, 6) is -15.8. The van der Waals surface area contributed by atoms with Crippen LogP contribution in [0, 0.1) is 5.92 Å². The number of ether oxygens (including phenoxy) is 6. The Kier molecular flexibility index (Phi) is 29.6. The average molecular weight is 1770 g/mol. The summed E-state index contributed by atoms with van der Waals surface area (Å²) in [6, 6.07) is 5.01. The van der Waals surface area contributed by atoms with Gasteiger partial charge in [-0.1, -0.05) is 130 Å². The number of amides is 7.